The first-order valence-electron chi connectivity index (χ1n) is 5.09. The Morgan fingerprint density at radius 2 is 2.17 bits per heavy atom. The van der Waals surface area contributed by atoms with Gasteiger partial charge in [-0.3, -0.25) is 4.67 Å². The maximum absolute atomic E-state index is 5.60. The zero-order chi connectivity index (χ0) is 7.97. The van der Waals surface area contributed by atoms with Gasteiger partial charge in [-0.05, 0) is 18.8 Å². The zero-order valence-corrected chi connectivity index (χ0v) is 8.33. The molecule has 2 nitrogen and oxygen atoms in total. The van der Waals surface area contributed by atoms with Gasteiger partial charge in [-0.15, -0.1) is 0 Å². The number of nitrogens with zero attached hydrogens (tertiary/aromatic N) is 1. The average Bonchev–Trinajstić information content (AvgIpc) is 2.41. The average molecular weight is 185 g/mol. The minimum Gasteiger partial charge on any atom is -0.346 e. The molecule has 0 spiro atoms. The predicted molar refractivity (Wildman–Crippen MR) is 50.2 cm³/mol. The summed E-state index contributed by atoms with van der Waals surface area (Å²) in [5.74, 6) is 1.88. The topological polar surface area (TPSA) is 12.5 Å². The quantitative estimate of drug-likeness (QED) is 0.535. The Balaban J connectivity index is 1.83. The molecule has 3 aliphatic rings. The molecule has 12 heavy (non-hydrogen) atoms. The maximum atomic E-state index is 5.60. The van der Waals surface area contributed by atoms with Gasteiger partial charge in [0.15, 0.2) is 0 Å². The van der Waals surface area contributed by atoms with Gasteiger partial charge in [0, 0.05) is 18.5 Å². The molecular weight excluding hydrogens is 169 g/mol. The lowest BCUT2D eigenvalue weighted by Gasteiger charge is -2.29. The maximum Gasteiger partial charge on any atom is 0.0892 e. The van der Waals surface area contributed by atoms with Gasteiger partial charge in [0.05, 0.1) is 15.6 Å². The van der Waals surface area contributed by atoms with Crippen molar-refractivity contribution in [1.82, 2.24) is 4.67 Å². The number of rotatable bonds is 0. The van der Waals surface area contributed by atoms with Gasteiger partial charge in [0.25, 0.3) is 0 Å². The Hall–Kier alpha value is 0.350. The van der Waals surface area contributed by atoms with Crippen molar-refractivity contribution >= 4 is 8.96 Å². The summed E-state index contributed by atoms with van der Waals surface area (Å²) < 4.78 is 8.20. The molecule has 0 amide bonds. The van der Waals surface area contributed by atoms with E-state index in [1.807, 2.05) is 0 Å². The third-order valence-corrected chi connectivity index (χ3v) is 4.74. The standard InChI is InChI=1S/C9H16NOP/c1-2-4-9-8(3-1)7-5-10(9)12-11-6-7/h7-9,12H,1-6H2/t7-,8+,9+/m0/s1. The fraction of sp³-hybridized carbons (Fsp3) is 1.00. The van der Waals surface area contributed by atoms with Crippen LogP contribution in [0.5, 0.6) is 0 Å². The lowest BCUT2D eigenvalue weighted by molar-refractivity contribution is 0.212. The van der Waals surface area contributed by atoms with Gasteiger partial charge in [-0.2, -0.15) is 0 Å². The van der Waals surface area contributed by atoms with Crippen LogP contribution in [-0.2, 0) is 4.52 Å². The molecule has 68 valence electrons. The van der Waals surface area contributed by atoms with E-state index in [0.29, 0.717) is 8.96 Å². The number of fused-ring (bicyclic) bond motifs is 5. The highest BCUT2D eigenvalue weighted by atomic mass is 31.1. The van der Waals surface area contributed by atoms with Crippen molar-refractivity contribution in [1.29, 1.82) is 0 Å². The molecule has 2 heterocycles. The summed E-state index contributed by atoms with van der Waals surface area (Å²) in [5, 5.41) is 0. The third kappa shape index (κ3) is 1.05. The second kappa shape index (κ2) is 2.94. The molecule has 0 aromatic carbocycles. The smallest absolute Gasteiger partial charge is 0.0892 e. The fourth-order valence-corrected chi connectivity index (χ4v) is 4.33. The second-order valence-electron chi connectivity index (χ2n) is 4.33. The molecule has 5 atom stereocenters. The van der Waals surface area contributed by atoms with Crippen LogP contribution in [0.3, 0.4) is 0 Å². The van der Waals surface area contributed by atoms with Crippen molar-refractivity contribution < 1.29 is 4.52 Å². The van der Waals surface area contributed by atoms with Crippen molar-refractivity contribution in [2.45, 2.75) is 31.7 Å². The summed E-state index contributed by atoms with van der Waals surface area (Å²) in [5.41, 5.74) is 0. The zero-order valence-electron chi connectivity index (χ0n) is 7.33. The first-order chi connectivity index (χ1) is 5.95. The van der Waals surface area contributed by atoms with Crippen LogP contribution in [0.25, 0.3) is 0 Å². The molecule has 0 aromatic heterocycles. The fourth-order valence-electron chi connectivity index (χ4n) is 3.11. The molecule has 3 fully saturated rings. The summed E-state index contributed by atoms with van der Waals surface area (Å²) in [6.07, 6.45) is 5.83. The van der Waals surface area contributed by atoms with E-state index in [1.165, 1.54) is 32.2 Å². The van der Waals surface area contributed by atoms with Crippen LogP contribution in [0.2, 0.25) is 0 Å². The Labute approximate surface area is 75.6 Å². The van der Waals surface area contributed by atoms with Crippen molar-refractivity contribution in [3.8, 4) is 0 Å². The lowest BCUT2D eigenvalue weighted by atomic mass is 9.80. The summed E-state index contributed by atoms with van der Waals surface area (Å²) >= 11 is 0. The number of hydrogen-bond donors (Lipinski definition) is 0. The van der Waals surface area contributed by atoms with E-state index >= 15 is 0 Å². The molecule has 0 aromatic rings. The van der Waals surface area contributed by atoms with Crippen molar-refractivity contribution in [2.75, 3.05) is 13.2 Å². The van der Waals surface area contributed by atoms with Crippen LogP contribution >= 0.6 is 8.96 Å². The molecule has 1 aliphatic carbocycles. The van der Waals surface area contributed by atoms with Crippen LogP contribution in [0.1, 0.15) is 25.7 Å². The summed E-state index contributed by atoms with van der Waals surface area (Å²) in [4.78, 5) is 0. The highest BCUT2D eigenvalue weighted by molar-refractivity contribution is 7.29. The molecule has 2 bridgehead atoms. The van der Waals surface area contributed by atoms with E-state index in [4.69, 9.17) is 4.52 Å². The molecule has 3 heteroatoms. The van der Waals surface area contributed by atoms with E-state index in [2.05, 4.69) is 4.67 Å². The molecule has 3 rings (SSSR count). The first-order valence-corrected chi connectivity index (χ1v) is 5.95. The van der Waals surface area contributed by atoms with Crippen molar-refractivity contribution in [2.24, 2.45) is 11.8 Å². The van der Waals surface area contributed by atoms with Crippen LogP contribution in [-0.4, -0.2) is 23.9 Å². The monoisotopic (exact) mass is 185 g/mol. The van der Waals surface area contributed by atoms with Gasteiger partial charge in [0.1, 0.15) is 0 Å². The molecule has 2 aliphatic heterocycles. The molecule has 1 saturated carbocycles. The van der Waals surface area contributed by atoms with E-state index in [1.54, 1.807) is 0 Å². The normalized spacial score (nSPS) is 54.0. The minimum absolute atomic E-state index is 0.678. The van der Waals surface area contributed by atoms with Gasteiger partial charge >= 0.3 is 0 Å². The van der Waals surface area contributed by atoms with Gasteiger partial charge in [0.2, 0.25) is 0 Å². The van der Waals surface area contributed by atoms with E-state index in [0.717, 1.165) is 24.5 Å². The molecule has 0 radical (unpaired) electrons. The van der Waals surface area contributed by atoms with E-state index < -0.39 is 0 Å². The minimum atomic E-state index is 0.678. The van der Waals surface area contributed by atoms with E-state index in [-0.39, 0.29) is 0 Å². The molecule has 2 saturated heterocycles. The Morgan fingerprint density at radius 3 is 3.17 bits per heavy atom. The highest BCUT2D eigenvalue weighted by Crippen LogP contribution is 2.48. The summed E-state index contributed by atoms with van der Waals surface area (Å²) in [6, 6.07) is 0.907. The van der Waals surface area contributed by atoms with Crippen molar-refractivity contribution in [3.63, 3.8) is 0 Å². The van der Waals surface area contributed by atoms with Gasteiger partial charge < -0.3 is 4.52 Å². The van der Waals surface area contributed by atoms with Gasteiger partial charge in [-0.1, -0.05) is 12.8 Å². The van der Waals surface area contributed by atoms with Crippen LogP contribution in [0.15, 0.2) is 0 Å². The third-order valence-electron chi connectivity index (χ3n) is 3.70. The van der Waals surface area contributed by atoms with Crippen LogP contribution < -0.4 is 0 Å². The Bertz CT molecular complexity index is 169. The second-order valence-corrected chi connectivity index (χ2v) is 5.38. The summed E-state index contributed by atoms with van der Waals surface area (Å²) in [6.45, 7) is 2.39. The lowest BCUT2D eigenvalue weighted by Crippen LogP contribution is -2.28. The molecule has 2 unspecified atom stereocenters. The van der Waals surface area contributed by atoms with E-state index in [9.17, 15) is 0 Å². The SMILES string of the molecule is C1CC[C@@H]2[C@H](C1)[C@@H]1COPN2C1. The first kappa shape index (κ1) is 7.73. The Kier molecular flexibility index (Phi) is 1.89. The number of hydrogen-bond acceptors (Lipinski definition) is 2. The van der Waals surface area contributed by atoms with Crippen LogP contribution in [0.4, 0.5) is 0 Å². The summed E-state index contributed by atoms with van der Waals surface area (Å²) in [7, 11) is 0.678. The van der Waals surface area contributed by atoms with Gasteiger partial charge in [-0.25, -0.2) is 0 Å². The van der Waals surface area contributed by atoms with Crippen molar-refractivity contribution in [3.05, 3.63) is 0 Å². The molecular formula is C9H16NOP. The highest BCUT2D eigenvalue weighted by Gasteiger charge is 2.45. The Morgan fingerprint density at radius 1 is 1.25 bits per heavy atom. The molecule has 0 N–H and O–H groups in total. The predicted octanol–water partition coefficient (Wildman–Crippen LogP) is 2.02. The van der Waals surface area contributed by atoms with Crippen LogP contribution in [0, 0.1) is 11.8 Å². The largest absolute Gasteiger partial charge is 0.346 e.